The third-order valence-corrected chi connectivity index (χ3v) is 4.14. The molecule has 0 atom stereocenters. The van der Waals surface area contributed by atoms with Gasteiger partial charge in [0.2, 0.25) is 0 Å². The Labute approximate surface area is 162 Å². The molecule has 4 nitrogen and oxygen atoms in total. The molecule has 3 N–H and O–H groups in total. The quantitative estimate of drug-likeness (QED) is 0.393. The predicted octanol–water partition coefficient (Wildman–Crippen LogP) is 5.56. The summed E-state index contributed by atoms with van der Waals surface area (Å²) in [6, 6.07) is 15.3. The smallest absolute Gasteiger partial charge is 0.150 e. The van der Waals surface area contributed by atoms with Gasteiger partial charge in [-0.25, -0.2) is 8.78 Å². The number of nitrogen functional groups attached to an aromatic ring is 1. The summed E-state index contributed by atoms with van der Waals surface area (Å²) < 4.78 is 34.5. The molecule has 0 saturated heterocycles. The summed E-state index contributed by atoms with van der Waals surface area (Å²) in [6.07, 6.45) is 0. The van der Waals surface area contributed by atoms with Crippen LogP contribution in [0, 0.1) is 26.5 Å². The zero-order valence-electron chi connectivity index (χ0n) is 13.3. The Morgan fingerprint density at radius 3 is 2.54 bits per heavy atom. The molecule has 0 bridgehead atoms. The lowest BCUT2D eigenvalue weighted by Gasteiger charge is -2.14. The zero-order chi connectivity index (χ0) is 18.7. The van der Waals surface area contributed by atoms with E-state index >= 15 is 0 Å². The van der Waals surface area contributed by atoms with E-state index in [1.54, 1.807) is 30.3 Å². The minimum atomic E-state index is -0.628. The van der Waals surface area contributed by atoms with Crippen molar-refractivity contribution in [2.45, 2.75) is 0 Å². The van der Waals surface area contributed by atoms with Gasteiger partial charge in [-0.2, -0.15) is 5.26 Å². The lowest BCUT2D eigenvalue weighted by atomic mass is 10.1. The average molecular weight is 463 g/mol. The second kappa shape index (κ2) is 7.58. The first-order chi connectivity index (χ1) is 12.5. The SMILES string of the molecule is N#Cc1c(Nc2ccc(I)cc2F)cc(F)cc1Oc1cccc(N)c1. The Morgan fingerprint density at radius 2 is 1.85 bits per heavy atom. The molecule has 0 aliphatic heterocycles. The first-order valence-electron chi connectivity index (χ1n) is 7.45. The van der Waals surface area contributed by atoms with Crippen molar-refractivity contribution in [2.24, 2.45) is 0 Å². The number of hydrogen-bond donors (Lipinski definition) is 2. The highest BCUT2D eigenvalue weighted by atomic mass is 127. The van der Waals surface area contributed by atoms with Crippen LogP contribution < -0.4 is 15.8 Å². The van der Waals surface area contributed by atoms with E-state index in [2.05, 4.69) is 5.32 Å². The number of rotatable bonds is 4. The fourth-order valence-electron chi connectivity index (χ4n) is 2.32. The maximum Gasteiger partial charge on any atom is 0.150 e. The summed E-state index contributed by atoms with van der Waals surface area (Å²) >= 11 is 1.98. The van der Waals surface area contributed by atoms with Gasteiger partial charge in [-0.1, -0.05) is 6.07 Å². The van der Waals surface area contributed by atoms with E-state index in [1.165, 1.54) is 12.1 Å². The van der Waals surface area contributed by atoms with Gasteiger partial charge in [-0.15, -0.1) is 0 Å². The van der Waals surface area contributed by atoms with Crippen LogP contribution in [-0.4, -0.2) is 0 Å². The van der Waals surface area contributed by atoms with Crippen molar-refractivity contribution in [3.8, 4) is 17.6 Å². The van der Waals surface area contributed by atoms with E-state index in [0.717, 1.165) is 15.7 Å². The number of ether oxygens (including phenoxy) is 1. The van der Waals surface area contributed by atoms with Crippen LogP contribution in [0.2, 0.25) is 0 Å². The number of nitrogens with zero attached hydrogens (tertiary/aromatic N) is 1. The van der Waals surface area contributed by atoms with Crippen molar-refractivity contribution in [3.63, 3.8) is 0 Å². The number of anilines is 3. The first kappa shape index (κ1) is 17.9. The highest BCUT2D eigenvalue weighted by molar-refractivity contribution is 14.1. The predicted molar refractivity (Wildman–Crippen MR) is 104 cm³/mol. The molecule has 130 valence electrons. The highest BCUT2D eigenvalue weighted by Gasteiger charge is 2.15. The molecule has 26 heavy (non-hydrogen) atoms. The Bertz CT molecular complexity index is 1020. The van der Waals surface area contributed by atoms with Crippen LogP contribution in [-0.2, 0) is 0 Å². The minimum absolute atomic E-state index is 0.00604. The van der Waals surface area contributed by atoms with Crippen molar-refractivity contribution < 1.29 is 13.5 Å². The molecule has 3 aromatic carbocycles. The highest BCUT2D eigenvalue weighted by Crippen LogP contribution is 2.34. The van der Waals surface area contributed by atoms with Gasteiger partial charge in [-0.05, 0) is 59.0 Å². The van der Waals surface area contributed by atoms with Gasteiger partial charge in [-0.3, -0.25) is 0 Å². The minimum Gasteiger partial charge on any atom is -0.456 e. The van der Waals surface area contributed by atoms with Gasteiger partial charge in [0, 0.05) is 21.4 Å². The molecule has 0 heterocycles. The molecule has 0 saturated carbocycles. The van der Waals surface area contributed by atoms with Gasteiger partial charge >= 0.3 is 0 Å². The summed E-state index contributed by atoms with van der Waals surface area (Å²) in [5.74, 6) is -0.773. The van der Waals surface area contributed by atoms with Crippen molar-refractivity contribution in [2.75, 3.05) is 11.1 Å². The molecule has 0 radical (unpaired) electrons. The third-order valence-electron chi connectivity index (χ3n) is 3.47. The fraction of sp³-hybridized carbons (Fsp3) is 0. The average Bonchev–Trinajstić information content (AvgIpc) is 2.57. The summed E-state index contributed by atoms with van der Waals surface area (Å²) in [6.45, 7) is 0. The number of benzene rings is 3. The van der Waals surface area contributed by atoms with E-state index < -0.39 is 11.6 Å². The maximum absolute atomic E-state index is 14.1. The summed E-state index contributed by atoms with van der Waals surface area (Å²) in [5, 5.41) is 12.3. The number of nitrogens with one attached hydrogen (secondary N) is 1. The molecule has 0 fully saturated rings. The van der Waals surface area contributed by atoms with Crippen LogP contribution in [0.15, 0.2) is 54.6 Å². The zero-order valence-corrected chi connectivity index (χ0v) is 15.4. The van der Waals surface area contributed by atoms with E-state index in [9.17, 15) is 14.0 Å². The molecule has 0 unspecified atom stereocenters. The fourth-order valence-corrected chi connectivity index (χ4v) is 2.77. The van der Waals surface area contributed by atoms with Crippen molar-refractivity contribution in [3.05, 3.63) is 75.4 Å². The molecular weight excluding hydrogens is 451 g/mol. The Hall–Kier alpha value is -2.86. The van der Waals surface area contributed by atoms with Crippen molar-refractivity contribution in [1.82, 2.24) is 0 Å². The molecule has 7 heteroatoms. The second-order valence-corrected chi connectivity index (χ2v) is 6.61. The third kappa shape index (κ3) is 4.03. The molecule has 0 aliphatic rings. The van der Waals surface area contributed by atoms with Crippen molar-refractivity contribution >= 4 is 39.7 Å². The standard InChI is InChI=1S/C19H12F2IN3O/c20-11-6-18(25-17-5-4-12(22)8-16(17)21)15(10-23)19(7-11)26-14-3-1-2-13(24)9-14/h1-9,25H,24H2. The Morgan fingerprint density at radius 1 is 1.04 bits per heavy atom. The van der Waals surface area contributed by atoms with Gasteiger partial charge in [0.15, 0.2) is 0 Å². The number of nitrogens with two attached hydrogens (primary N) is 1. The van der Waals surface area contributed by atoms with Crippen LogP contribution in [0.4, 0.5) is 25.8 Å². The molecule has 0 aromatic heterocycles. The van der Waals surface area contributed by atoms with Crippen LogP contribution in [0.25, 0.3) is 0 Å². The van der Waals surface area contributed by atoms with E-state index in [-0.39, 0.29) is 22.7 Å². The second-order valence-electron chi connectivity index (χ2n) is 5.36. The van der Waals surface area contributed by atoms with E-state index in [4.69, 9.17) is 10.5 Å². The van der Waals surface area contributed by atoms with Gasteiger partial charge in [0.1, 0.15) is 34.8 Å². The monoisotopic (exact) mass is 463 g/mol. The molecular formula is C19H12F2IN3O. The summed E-state index contributed by atoms with van der Waals surface area (Å²) in [4.78, 5) is 0. The molecule has 0 amide bonds. The van der Waals surface area contributed by atoms with Crippen molar-refractivity contribution in [1.29, 1.82) is 5.26 Å². The lowest BCUT2D eigenvalue weighted by Crippen LogP contribution is -2.00. The largest absolute Gasteiger partial charge is 0.456 e. The number of nitriles is 1. The molecule has 3 rings (SSSR count). The topological polar surface area (TPSA) is 71.1 Å². The maximum atomic E-state index is 14.1. The normalized spacial score (nSPS) is 10.2. The van der Waals surface area contributed by atoms with Crippen LogP contribution in [0.5, 0.6) is 11.5 Å². The molecule has 3 aromatic rings. The first-order valence-corrected chi connectivity index (χ1v) is 8.53. The summed E-state index contributed by atoms with van der Waals surface area (Å²) in [5.41, 5.74) is 6.45. The number of halogens is 3. The van der Waals surface area contributed by atoms with E-state index in [0.29, 0.717) is 11.4 Å². The van der Waals surface area contributed by atoms with Gasteiger partial charge < -0.3 is 15.8 Å². The van der Waals surface area contributed by atoms with Crippen LogP contribution in [0.1, 0.15) is 5.56 Å². The van der Waals surface area contributed by atoms with Gasteiger partial charge in [0.05, 0.1) is 11.4 Å². The Kier molecular flexibility index (Phi) is 5.23. The molecule has 0 spiro atoms. The lowest BCUT2D eigenvalue weighted by molar-refractivity contribution is 0.476. The number of hydrogen-bond acceptors (Lipinski definition) is 4. The molecule has 0 aliphatic carbocycles. The van der Waals surface area contributed by atoms with Crippen LogP contribution in [0.3, 0.4) is 0 Å². The van der Waals surface area contributed by atoms with E-state index in [1.807, 2.05) is 28.7 Å². The Balaban J connectivity index is 2.01. The van der Waals surface area contributed by atoms with Crippen LogP contribution >= 0.6 is 22.6 Å². The summed E-state index contributed by atoms with van der Waals surface area (Å²) in [7, 11) is 0. The van der Waals surface area contributed by atoms with Gasteiger partial charge in [0.25, 0.3) is 0 Å².